The van der Waals surface area contributed by atoms with Crippen LogP contribution in [0.5, 0.6) is 0 Å². The number of esters is 2. The minimum Gasteiger partial charge on any atom is -0.469 e. The van der Waals surface area contributed by atoms with Gasteiger partial charge in [0.15, 0.2) is 11.7 Å². The number of furan rings is 1. The highest BCUT2D eigenvalue weighted by Gasteiger charge is 2.41. The molecule has 2 rings (SSSR count). The third kappa shape index (κ3) is 6.50. The number of ether oxygens (including phenoxy) is 2. The van der Waals surface area contributed by atoms with Crippen LogP contribution in [-0.4, -0.2) is 39.4 Å². The van der Waals surface area contributed by atoms with E-state index in [1.54, 1.807) is 6.07 Å². The first-order chi connectivity index (χ1) is 15.2. The van der Waals surface area contributed by atoms with Crippen LogP contribution in [0, 0.1) is 5.92 Å². The van der Waals surface area contributed by atoms with Crippen molar-refractivity contribution in [2.75, 3.05) is 13.2 Å². The summed E-state index contributed by atoms with van der Waals surface area (Å²) >= 11 is 0. The Morgan fingerprint density at radius 2 is 1.56 bits per heavy atom. The van der Waals surface area contributed by atoms with Crippen LogP contribution in [0.3, 0.4) is 0 Å². The molecule has 170 valence electrons. The molecule has 0 aliphatic rings. The van der Waals surface area contributed by atoms with Crippen LogP contribution in [0.15, 0.2) is 77.3 Å². The summed E-state index contributed by atoms with van der Waals surface area (Å²) in [6.07, 6.45) is 3.70. The quantitative estimate of drug-likeness (QED) is 0.220. The van der Waals surface area contributed by atoms with Crippen LogP contribution in [0.4, 0.5) is 0 Å². The largest absolute Gasteiger partial charge is 0.469 e. The maximum Gasteiger partial charge on any atom is 0.321 e. The van der Waals surface area contributed by atoms with E-state index in [9.17, 15) is 22.8 Å². The minimum atomic E-state index is -3.92. The van der Waals surface area contributed by atoms with Gasteiger partial charge < -0.3 is 13.9 Å². The van der Waals surface area contributed by atoms with Crippen molar-refractivity contribution in [2.45, 2.75) is 17.2 Å². The molecule has 0 bridgehead atoms. The van der Waals surface area contributed by atoms with Crippen LogP contribution in [-0.2, 0) is 29.1 Å². The topological polar surface area (TPSA) is 143 Å². The highest BCUT2D eigenvalue weighted by molar-refractivity contribution is 7.89. The Hall–Kier alpha value is -3.50. The highest BCUT2D eigenvalue weighted by atomic mass is 32.2. The number of carbonyl (C=O) groups is 3. The van der Waals surface area contributed by atoms with E-state index in [1.165, 1.54) is 48.7 Å². The average molecular weight is 461 g/mol. The van der Waals surface area contributed by atoms with Crippen molar-refractivity contribution in [3.63, 3.8) is 0 Å². The van der Waals surface area contributed by atoms with Crippen molar-refractivity contribution in [1.29, 1.82) is 0 Å². The van der Waals surface area contributed by atoms with Gasteiger partial charge in [0.25, 0.3) is 0 Å². The van der Waals surface area contributed by atoms with Gasteiger partial charge in [-0.1, -0.05) is 37.4 Å². The standard InChI is InChI=1S/C22H23NO8S/c1-3-11-30-21(25)20(22(26)31-12-4-2)17(19-6-5-13-29-19)14-18(24)15-7-9-16(10-8-15)32(23,27)28/h3-10,13,17,20H,1-2,11-12,14H2,(H2,23,27,28). The molecule has 0 saturated carbocycles. The van der Waals surface area contributed by atoms with Gasteiger partial charge in [0.05, 0.1) is 11.2 Å². The molecule has 0 amide bonds. The van der Waals surface area contributed by atoms with Crippen molar-refractivity contribution < 1.29 is 36.7 Å². The van der Waals surface area contributed by atoms with Crippen molar-refractivity contribution in [3.05, 3.63) is 79.3 Å². The lowest BCUT2D eigenvalue weighted by atomic mass is 9.84. The Kier molecular flexibility index (Phi) is 8.68. The summed E-state index contributed by atoms with van der Waals surface area (Å²) in [5, 5.41) is 5.07. The first-order valence-corrected chi connectivity index (χ1v) is 11.0. The van der Waals surface area contributed by atoms with E-state index in [-0.39, 0.29) is 35.9 Å². The third-order valence-corrected chi connectivity index (χ3v) is 5.35. The van der Waals surface area contributed by atoms with E-state index < -0.39 is 39.6 Å². The molecule has 1 atom stereocenters. The SMILES string of the molecule is C=CCOC(=O)C(C(=O)OCC=C)C(CC(=O)c1ccc(S(N)(=O)=O)cc1)c1ccco1. The Labute approximate surface area is 185 Å². The fraction of sp³-hybridized carbons (Fsp3) is 0.227. The van der Waals surface area contributed by atoms with Gasteiger partial charge in [0, 0.05) is 17.9 Å². The Morgan fingerprint density at radius 3 is 2.00 bits per heavy atom. The first kappa shape index (κ1) is 24.8. The van der Waals surface area contributed by atoms with Crippen LogP contribution in [0.2, 0.25) is 0 Å². The number of hydrogen-bond donors (Lipinski definition) is 1. The Morgan fingerprint density at radius 1 is 1.00 bits per heavy atom. The normalized spacial score (nSPS) is 12.1. The fourth-order valence-corrected chi connectivity index (χ4v) is 3.43. The Balaban J connectivity index is 2.38. The van der Waals surface area contributed by atoms with Crippen molar-refractivity contribution in [2.24, 2.45) is 11.1 Å². The molecule has 9 nitrogen and oxygen atoms in total. The predicted molar refractivity (Wildman–Crippen MR) is 114 cm³/mol. The minimum absolute atomic E-state index is 0.141. The monoisotopic (exact) mass is 461 g/mol. The van der Waals surface area contributed by atoms with Gasteiger partial charge in [-0.15, -0.1) is 0 Å². The van der Waals surface area contributed by atoms with Crippen LogP contribution >= 0.6 is 0 Å². The molecule has 32 heavy (non-hydrogen) atoms. The summed E-state index contributed by atoms with van der Waals surface area (Å²) in [4.78, 5) is 38.1. The number of benzene rings is 1. The average Bonchev–Trinajstić information content (AvgIpc) is 3.29. The van der Waals surface area contributed by atoms with Crippen LogP contribution < -0.4 is 5.14 Å². The first-order valence-electron chi connectivity index (χ1n) is 9.43. The summed E-state index contributed by atoms with van der Waals surface area (Å²) in [6.45, 7) is 6.64. The molecule has 1 aromatic carbocycles. The van der Waals surface area contributed by atoms with Gasteiger partial charge in [-0.05, 0) is 24.3 Å². The lowest BCUT2D eigenvalue weighted by Crippen LogP contribution is -2.34. The molecule has 0 fully saturated rings. The summed E-state index contributed by atoms with van der Waals surface area (Å²) < 4.78 is 38.3. The molecular weight excluding hydrogens is 438 g/mol. The van der Waals surface area contributed by atoms with Gasteiger partial charge in [0.1, 0.15) is 19.0 Å². The van der Waals surface area contributed by atoms with E-state index in [0.29, 0.717) is 0 Å². The van der Waals surface area contributed by atoms with E-state index in [2.05, 4.69) is 13.2 Å². The zero-order chi connectivity index (χ0) is 23.7. The Bertz CT molecular complexity index is 1050. The number of Topliss-reactive ketones (excluding diaryl/α,β-unsaturated/α-hetero) is 1. The maximum atomic E-state index is 12.9. The molecule has 0 saturated heterocycles. The number of carbonyl (C=O) groups excluding carboxylic acids is 3. The fourth-order valence-electron chi connectivity index (χ4n) is 2.92. The number of rotatable bonds is 12. The van der Waals surface area contributed by atoms with Gasteiger partial charge >= 0.3 is 11.9 Å². The number of nitrogens with two attached hydrogens (primary N) is 1. The van der Waals surface area contributed by atoms with Crippen LogP contribution in [0.25, 0.3) is 0 Å². The van der Waals surface area contributed by atoms with Gasteiger partial charge in [-0.25, -0.2) is 13.6 Å². The van der Waals surface area contributed by atoms with Gasteiger partial charge in [-0.2, -0.15) is 0 Å². The number of ketones is 1. The second kappa shape index (κ2) is 11.2. The van der Waals surface area contributed by atoms with Crippen molar-refractivity contribution >= 4 is 27.7 Å². The molecule has 10 heteroatoms. The van der Waals surface area contributed by atoms with Crippen molar-refractivity contribution in [3.8, 4) is 0 Å². The van der Waals surface area contributed by atoms with E-state index in [4.69, 9.17) is 19.0 Å². The second-order valence-corrected chi connectivity index (χ2v) is 8.20. The lowest BCUT2D eigenvalue weighted by molar-refractivity contribution is -0.162. The molecular formula is C22H23NO8S. The van der Waals surface area contributed by atoms with Crippen LogP contribution in [0.1, 0.15) is 28.5 Å². The zero-order valence-corrected chi connectivity index (χ0v) is 18.0. The number of sulfonamides is 1. The number of primary sulfonamides is 1. The highest BCUT2D eigenvalue weighted by Crippen LogP contribution is 2.32. The van der Waals surface area contributed by atoms with Crippen molar-refractivity contribution in [1.82, 2.24) is 0 Å². The molecule has 2 N–H and O–H groups in total. The van der Waals surface area contributed by atoms with E-state index >= 15 is 0 Å². The van der Waals surface area contributed by atoms with E-state index in [0.717, 1.165) is 0 Å². The summed E-state index contributed by atoms with van der Waals surface area (Å²) in [5.74, 6) is -4.60. The maximum absolute atomic E-state index is 12.9. The molecule has 1 aromatic heterocycles. The molecule has 2 aromatic rings. The molecule has 0 radical (unpaired) electrons. The van der Waals surface area contributed by atoms with Gasteiger partial charge in [0.2, 0.25) is 10.0 Å². The molecule has 0 aliphatic carbocycles. The number of hydrogen-bond acceptors (Lipinski definition) is 8. The molecule has 0 spiro atoms. The molecule has 1 heterocycles. The molecule has 0 aliphatic heterocycles. The summed E-state index contributed by atoms with van der Waals surface area (Å²) in [5.41, 5.74) is 0.159. The lowest BCUT2D eigenvalue weighted by Gasteiger charge is -2.22. The van der Waals surface area contributed by atoms with Gasteiger partial charge in [-0.3, -0.25) is 14.4 Å². The molecule has 1 unspecified atom stereocenters. The summed E-state index contributed by atoms with van der Waals surface area (Å²) in [7, 11) is -3.92. The smallest absolute Gasteiger partial charge is 0.321 e. The van der Waals surface area contributed by atoms with E-state index in [1.807, 2.05) is 0 Å². The summed E-state index contributed by atoms with van der Waals surface area (Å²) in [6, 6.07) is 8.05. The second-order valence-electron chi connectivity index (χ2n) is 6.63. The predicted octanol–water partition coefficient (Wildman–Crippen LogP) is 2.36. The zero-order valence-electron chi connectivity index (χ0n) is 17.1. The third-order valence-electron chi connectivity index (χ3n) is 4.42.